The lowest BCUT2D eigenvalue weighted by atomic mass is 10.9. The summed E-state index contributed by atoms with van der Waals surface area (Å²) in [7, 11) is 0. The summed E-state index contributed by atoms with van der Waals surface area (Å²) in [6.07, 6.45) is 0. The zero-order valence-corrected chi connectivity index (χ0v) is 8.13. The van der Waals surface area contributed by atoms with Gasteiger partial charge in [0.1, 0.15) is 0 Å². The first-order valence-corrected chi connectivity index (χ1v) is 3.99. The van der Waals surface area contributed by atoms with E-state index in [-0.39, 0.29) is 6.61 Å². The summed E-state index contributed by atoms with van der Waals surface area (Å²) in [5.74, 6) is 0. The summed E-state index contributed by atoms with van der Waals surface area (Å²) in [6.45, 7) is 5.93. The predicted molar refractivity (Wildman–Crippen MR) is 45.5 cm³/mol. The van der Waals surface area contributed by atoms with Gasteiger partial charge in [0.2, 0.25) is 0 Å². The molecule has 0 atom stereocenters. The van der Waals surface area contributed by atoms with E-state index in [1.165, 1.54) is 0 Å². The average Bonchev–Trinajstić information content (AvgIpc) is 1.71. The van der Waals surface area contributed by atoms with Crippen LogP contribution in [0.3, 0.4) is 0 Å². The van der Waals surface area contributed by atoms with Gasteiger partial charge in [-0.1, -0.05) is 48.7 Å². The quantitative estimate of drug-likeness (QED) is 0.589. The summed E-state index contributed by atoms with van der Waals surface area (Å²) in [4.78, 5) is 0. The van der Waals surface area contributed by atoms with Crippen LogP contribution in [0.4, 0.5) is 0 Å². The van der Waals surface area contributed by atoms with Gasteiger partial charge in [0.05, 0.1) is 0 Å². The first-order valence-electron chi connectivity index (χ1n) is 2.68. The molecule has 0 heterocycles. The van der Waals surface area contributed by atoms with E-state index in [9.17, 15) is 0 Å². The third-order valence-corrected chi connectivity index (χ3v) is 0. The van der Waals surface area contributed by atoms with Gasteiger partial charge in [-0.05, 0) is 6.92 Å². The van der Waals surface area contributed by atoms with Crippen LogP contribution >= 0.6 is 34.8 Å². The molecule has 0 aromatic carbocycles. The van der Waals surface area contributed by atoms with Crippen LogP contribution in [0.1, 0.15) is 20.8 Å². The molecule has 0 rings (SSSR count). The molecule has 60 valence electrons. The van der Waals surface area contributed by atoms with Gasteiger partial charge >= 0.3 is 0 Å². The summed E-state index contributed by atoms with van der Waals surface area (Å²) < 4.78 is -0.750. The van der Waals surface area contributed by atoms with Crippen molar-refractivity contribution in [1.82, 2.24) is 0 Å². The fourth-order valence-corrected chi connectivity index (χ4v) is 0. The number of hydrogen-bond donors (Lipinski definition) is 1. The number of halogens is 3. The van der Waals surface area contributed by atoms with Crippen LogP contribution in [0.5, 0.6) is 0 Å². The molecule has 0 aromatic rings. The van der Waals surface area contributed by atoms with Crippen molar-refractivity contribution < 1.29 is 5.11 Å². The predicted octanol–water partition coefficient (Wildman–Crippen LogP) is 3.01. The molecule has 0 amide bonds. The molecule has 0 bridgehead atoms. The van der Waals surface area contributed by atoms with Crippen LogP contribution in [0, 0.1) is 0 Å². The SMILES string of the molecule is CC.CCO.ClC(Cl)Cl. The van der Waals surface area contributed by atoms with Crippen molar-refractivity contribution in [2.45, 2.75) is 25.1 Å². The maximum Gasteiger partial charge on any atom is 0.180 e. The highest BCUT2D eigenvalue weighted by molar-refractivity contribution is 6.63. The molecule has 0 aliphatic carbocycles. The second-order valence-electron chi connectivity index (χ2n) is 0.564. The lowest BCUT2D eigenvalue weighted by Gasteiger charge is -1.69. The minimum Gasteiger partial charge on any atom is -0.397 e. The molecular formula is C5H13Cl3O. The van der Waals surface area contributed by atoms with Gasteiger partial charge in [-0.25, -0.2) is 0 Å². The lowest BCUT2D eigenvalue weighted by Crippen LogP contribution is -1.57. The third kappa shape index (κ3) is 598. The number of aliphatic hydroxyl groups is 1. The van der Waals surface area contributed by atoms with E-state index in [1.54, 1.807) is 6.92 Å². The third-order valence-electron chi connectivity index (χ3n) is 0. The molecule has 0 unspecified atom stereocenters. The van der Waals surface area contributed by atoms with Gasteiger partial charge in [0, 0.05) is 6.61 Å². The molecule has 0 spiro atoms. The summed E-state index contributed by atoms with van der Waals surface area (Å²) in [5.41, 5.74) is 0. The monoisotopic (exact) mass is 194 g/mol. The Morgan fingerprint density at radius 2 is 1.22 bits per heavy atom. The van der Waals surface area contributed by atoms with Crippen LogP contribution in [-0.4, -0.2) is 16.0 Å². The minimum atomic E-state index is -0.750. The Morgan fingerprint density at radius 1 is 1.22 bits per heavy atom. The van der Waals surface area contributed by atoms with Crippen LogP contribution in [-0.2, 0) is 0 Å². The topological polar surface area (TPSA) is 20.2 Å². The number of aliphatic hydroxyl groups excluding tert-OH is 1. The fourth-order valence-electron chi connectivity index (χ4n) is 0. The molecule has 0 radical (unpaired) electrons. The smallest absolute Gasteiger partial charge is 0.180 e. The number of hydrogen-bond acceptors (Lipinski definition) is 1. The largest absolute Gasteiger partial charge is 0.397 e. The van der Waals surface area contributed by atoms with Gasteiger partial charge in [0.25, 0.3) is 0 Å². The molecule has 4 heteroatoms. The van der Waals surface area contributed by atoms with Gasteiger partial charge in [-0.3, -0.25) is 0 Å². The number of alkyl halides is 3. The van der Waals surface area contributed by atoms with E-state index < -0.39 is 4.30 Å². The minimum absolute atomic E-state index is 0.250. The van der Waals surface area contributed by atoms with Crippen LogP contribution < -0.4 is 0 Å². The Bertz CT molecular complexity index is 23.4. The summed E-state index contributed by atoms with van der Waals surface area (Å²) in [6, 6.07) is 0. The molecule has 9 heavy (non-hydrogen) atoms. The van der Waals surface area contributed by atoms with Crippen molar-refractivity contribution in [3.8, 4) is 0 Å². The van der Waals surface area contributed by atoms with Crippen LogP contribution in [0.15, 0.2) is 0 Å². The van der Waals surface area contributed by atoms with Crippen molar-refractivity contribution in [2.24, 2.45) is 0 Å². The van der Waals surface area contributed by atoms with Crippen LogP contribution in [0.25, 0.3) is 0 Å². The average molecular weight is 196 g/mol. The maximum atomic E-state index is 7.57. The highest BCUT2D eigenvalue weighted by atomic mass is 35.6. The van der Waals surface area contributed by atoms with Crippen molar-refractivity contribution in [2.75, 3.05) is 6.61 Å². The van der Waals surface area contributed by atoms with E-state index in [0.29, 0.717) is 0 Å². The fraction of sp³-hybridized carbons (Fsp3) is 1.00. The standard InChI is InChI=1S/C2H6O.C2H6.CHCl3/c1-2-3;1-2;2-1(3)4/h3H,2H2,1H3;1-2H3;1H. The molecule has 0 saturated heterocycles. The Balaban J connectivity index is -0.0000000646. The molecule has 0 aliphatic heterocycles. The normalized spacial score (nSPS) is 6.67. The molecule has 0 aliphatic rings. The highest BCUT2D eigenvalue weighted by Gasteiger charge is 1.78. The lowest BCUT2D eigenvalue weighted by molar-refractivity contribution is 0.318. The Morgan fingerprint density at radius 3 is 1.22 bits per heavy atom. The van der Waals surface area contributed by atoms with Crippen molar-refractivity contribution in [1.29, 1.82) is 0 Å². The van der Waals surface area contributed by atoms with E-state index in [4.69, 9.17) is 39.9 Å². The van der Waals surface area contributed by atoms with Gasteiger partial charge < -0.3 is 5.11 Å². The van der Waals surface area contributed by atoms with E-state index >= 15 is 0 Å². The Labute approximate surface area is 71.9 Å². The molecule has 1 nitrogen and oxygen atoms in total. The molecule has 0 saturated carbocycles. The second kappa shape index (κ2) is 23.2. The first kappa shape index (κ1) is 16.4. The second-order valence-corrected chi connectivity index (χ2v) is 2.54. The van der Waals surface area contributed by atoms with E-state index in [2.05, 4.69) is 0 Å². The molecule has 0 fully saturated rings. The summed E-state index contributed by atoms with van der Waals surface area (Å²) in [5, 5.41) is 7.57. The van der Waals surface area contributed by atoms with Crippen molar-refractivity contribution in [3.05, 3.63) is 0 Å². The maximum absolute atomic E-state index is 7.57. The molecule has 1 N–H and O–H groups in total. The van der Waals surface area contributed by atoms with Gasteiger partial charge in [0.15, 0.2) is 4.30 Å². The molecule has 0 aromatic heterocycles. The first-order chi connectivity index (χ1) is 4.15. The zero-order chi connectivity index (χ0) is 8.28. The van der Waals surface area contributed by atoms with Crippen molar-refractivity contribution in [3.63, 3.8) is 0 Å². The Hall–Kier alpha value is 0.830. The highest BCUT2D eigenvalue weighted by Crippen LogP contribution is 2.03. The van der Waals surface area contributed by atoms with Crippen LogP contribution in [0.2, 0.25) is 0 Å². The van der Waals surface area contributed by atoms with E-state index in [1.807, 2.05) is 13.8 Å². The molecular weight excluding hydrogens is 182 g/mol. The van der Waals surface area contributed by atoms with Crippen molar-refractivity contribution >= 4 is 34.8 Å². The zero-order valence-electron chi connectivity index (χ0n) is 5.87. The van der Waals surface area contributed by atoms with E-state index in [0.717, 1.165) is 0 Å². The number of rotatable bonds is 0. The Kier molecular flexibility index (Phi) is 42.4. The van der Waals surface area contributed by atoms with Gasteiger partial charge in [-0.15, -0.1) is 0 Å². The van der Waals surface area contributed by atoms with Gasteiger partial charge in [-0.2, -0.15) is 0 Å². The summed E-state index contributed by atoms with van der Waals surface area (Å²) >= 11 is 14.4.